The van der Waals surface area contributed by atoms with Crippen molar-refractivity contribution in [1.29, 1.82) is 0 Å². The molecule has 0 aliphatic heterocycles. The topological polar surface area (TPSA) is 170 Å². The Labute approximate surface area is 859 Å². The van der Waals surface area contributed by atoms with Crippen molar-refractivity contribution >= 4 is 131 Å². The van der Waals surface area contributed by atoms with Crippen molar-refractivity contribution in [2.24, 2.45) is 0 Å². The minimum absolute atomic E-state index is 0.623. The Balaban J connectivity index is 0.000000108. The number of nitrogens with zero attached hydrogens (tertiary/aromatic N) is 12. The summed E-state index contributed by atoms with van der Waals surface area (Å²) in [7, 11) is 0. The normalized spacial score (nSPS) is 11.6. The van der Waals surface area contributed by atoms with Crippen molar-refractivity contribution in [2.75, 3.05) is 0 Å². The van der Waals surface area contributed by atoms with E-state index >= 15 is 0 Å². The van der Waals surface area contributed by atoms with Crippen LogP contribution in [0, 0.1) is 0 Å². The summed E-state index contributed by atoms with van der Waals surface area (Å²) in [6.07, 6.45) is 0. The number of para-hydroxylation sites is 7. The first-order chi connectivity index (χ1) is 74.4. The van der Waals surface area contributed by atoms with E-state index < -0.39 is 0 Å². The Morgan fingerprint density at radius 3 is 0.753 bits per heavy atom. The minimum Gasteiger partial charge on any atom is -0.454 e. The molecule has 0 unspecified atom stereocenters. The fourth-order valence-corrected chi connectivity index (χ4v) is 21.3. The maximum atomic E-state index is 6.63. The van der Waals surface area contributed by atoms with Crippen molar-refractivity contribution in [2.45, 2.75) is 0 Å². The predicted molar refractivity (Wildman–Crippen MR) is 610 cm³/mol. The van der Waals surface area contributed by atoms with Gasteiger partial charge in [0.1, 0.15) is 16.7 Å². The number of rotatable bonds is 15. The summed E-state index contributed by atoms with van der Waals surface area (Å²) in [4.78, 5) is 44.5. The molecule has 30 aromatic rings. The van der Waals surface area contributed by atoms with Crippen molar-refractivity contribution < 1.29 is 13.3 Å². The van der Waals surface area contributed by atoms with E-state index in [2.05, 4.69) is 305 Å². The zero-order chi connectivity index (χ0) is 99.1. The molecule has 0 saturated carbocycles. The van der Waals surface area contributed by atoms with Gasteiger partial charge in [0.2, 0.25) is 0 Å². The Hall–Kier alpha value is -20.6. The van der Waals surface area contributed by atoms with Crippen LogP contribution in [0.2, 0.25) is 0 Å². The van der Waals surface area contributed by atoms with Crippen molar-refractivity contribution in [3.8, 4) is 153 Å². The zero-order valence-electron chi connectivity index (χ0n) is 80.6. The van der Waals surface area contributed by atoms with E-state index in [-0.39, 0.29) is 0 Å². The molecule has 15 nitrogen and oxygen atoms in total. The van der Waals surface area contributed by atoms with Gasteiger partial charge in [0, 0.05) is 132 Å². The second kappa shape index (κ2) is 37.0. The highest BCUT2D eigenvalue weighted by Crippen LogP contribution is 2.48. The van der Waals surface area contributed by atoms with Gasteiger partial charge >= 0.3 is 0 Å². The zero-order valence-corrected chi connectivity index (χ0v) is 80.6. The molecular formula is C135H84N12O3. The van der Waals surface area contributed by atoms with Crippen molar-refractivity contribution in [1.82, 2.24) is 58.6 Å². The third-order valence-corrected chi connectivity index (χ3v) is 28.4. The summed E-state index contributed by atoms with van der Waals surface area (Å²) in [6.45, 7) is 0. The smallest absolute Gasteiger partial charge is 0.164 e. The van der Waals surface area contributed by atoms with Crippen LogP contribution in [-0.4, -0.2) is 58.6 Å². The van der Waals surface area contributed by atoms with Crippen molar-refractivity contribution in [3.05, 3.63) is 510 Å². The molecule has 0 aliphatic rings. The molecule has 150 heavy (non-hydrogen) atoms. The Bertz CT molecular complexity index is 10300. The quantitative estimate of drug-likeness (QED) is 0.0953. The monoisotopic (exact) mass is 1920 g/mol. The SMILES string of the molecule is c1ccc(-c2nc(-c3ccccc3)nc(-c3cccc(-c4ccc(-n5c6ccccc6c6ccc7c8ccccc8oc7c65)cc4)c3)n2)cc1.c1ccc(-c2nc(-c3ccccc3)nc(-c3cccc(-c4cccc(-n5c6ccccc6c6ccc7c8ccccc8oc7c65)c4)c3)n2)cc1.c1ccc(-c2nc(-c3ccccc3)nc(-c3cccc(-c4ccccc4-n4c5ccccc5c5ccc6c7ccccc7oc6c54)c3)n2)cc1. The molecule has 0 bridgehead atoms. The van der Waals surface area contributed by atoms with Gasteiger partial charge in [-0.2, -0.15) is 0 Å². The summed E-state index contributed by atoms with van der Waals surface area (Å²) in [6, 6.07) is 176. The summed E-state index contributed by atoms with van der Waals surface area (Å²) < 4.78 is 26.8. The summed E-state index contributed by atoms with van der Waals surface area (Å²) in [5, 5.41) is 13.8. The first-order valence-corrected chi connectivity index (χ1v) is 50.1. The first-order valence-electron chi connectivity index (χ1n) is 50.1. The Kier molecular flexibility index (Phi) is 21.5. The van der Waals surface area contributed by atoms with Crippen LogP contribution in [0.4, 0.5) is 0 Å². The van der Waals surface area contributed by atoms with Crippen LogP contribution in [0.3, 0.4) is 0 Å². The number of benzene rings is 21. The lowest BCUT2D eigenvalue weighted by Crippen LogP contribution is -2.00. The molecule has 0 spiro atoms. The number of hydrogen-bond donors (Lipinski definition) is 0. The third-order valence-electron chi connectivity index (χ3n) is 28.4. The van der Waals surface area contributed by atoms with E-state index in [1.165, 1.54) is 21.5 Å². The van der Waals surface area contributed by atoms with Gasteiger partial charge < -0.3 is 27.0 Å². The average Bonchev–Trinajstić information content (AvgIpc) is 1.58. The molecule has 0 amide bonds. The van der Waals surface area contributed by atoms with E-state index in [0.717, 1.165) is 210 Å². The van der Waals surface area contributed by atoms with Crippen LogP contribution in [-0.2, 0) is 0 Å². The highest BCUT2D eigenvalue weighted by atomic mass is 16.3. The molecule has 0 aliphatic carbocycles. The molecule has 15 heteroatoms. The van der Waals surface area contributed by atoms with E-state index in [0.29, 0.717) is 52.4 Å². The van der Waals surface area contributed by atoms with E-state index in [1.807, 2.05) is 218 Å². The first kappa shape index (κ1) is 87.3. The molecule has 0 fully saturated rings. The lowest BCUT2D eigenvalue weighted by atomic mass is 10.0. The average molecular weight is 1920 g/mol. The van der Waals surface area contributed by atoms with Gasteiger partial charge in [-0.15, -0.1) is 0 Å². The van der Waals surface area contributed by atoms with Crippen LogP contribution < -0.4 is 0 Å². The molecule has 0 radical (unpaired) electrons. The molecule has 702 valence electrons. The third kappa shape index (κ3) is 15.6. The highest BCUT2D eigenvalue weighted by molar-refractivity contribution is 6.25. The Morgan fingerprint density at radius 1 is 0.140 bits per heavy atom. The van der Waals surface area contributed by atoms with Gasteiger partial charge in [-0.1, -0.05) is 406 Å². The minimum atomic E-state index is 0.623. The van der Waals surface area contributed by atoms with E-state index in [9.17, 15) is 0 Å². The van der Waals surface area contributed by atoms with Gasteiger partial charge in [-0.05, 0) is 131 Å². The Morgan fingerprint density at radius 2 is 0.387 bits per heavy atom. The largest absolute Gasteiger partial charge is 0.454 e. The highest BCUT2D eigenvalue weighted by Gasteiger charge is 2.27. The van der Waals surface area contributed by atoms with Crippen LogP contribution in [0.15, 0.2) is 523 Å². The summed E-state index contributed by atoms with van der Waals surface area (Å²) >= 11 is 0. The number of fused-ring (bicyclic) bond motifs is 21. The number of hydrogen-bond acceptors (Lipinski definition) is 12. The van der Waals surface area contributed by atoms with Gasteiger partial charge in [0.25, 0.3) is 0 Å². The van der Waals surface area contributed by atoms with Crippen LogP contribution in [0.25, 0.3) is 284 Å². The molecule has 9 aromatic heterocycles. The second-order valence-electron chi connectivity index (χ2n) is 37.3. The molecule has 30 rings (SSSR count). The number of aromatic nitrogens is 12. The molecule has 0 saturated heterocycles. The maximum absolute atomic E-state index is 6.63. The number of furan rings is 3. The van der Waals surface area contributed by atoms with Gasteiger partial charge in [-0.3, -0.25) is 0 Å². The van der Waals surface area contributed by atoms with Gasteiger partial charge in [0.15, 0.2) is 69.2 Å². The fraction of sp³-hybridized carbons (Fsp3) is 0. The maximum Gasteiger partial charge on any atom is 0.164 e. The fourth-order valence-electron chi connectivity index (χ4n) is 21.3. The standard InChI is InChI=1S/3C45H28N4O/c1-3-14-29(15-4-1)43-46-44(30-16-5-2-6-17-30)48-45(47-43)32-19-13-18-31(28-32)33-20-7-10-23-38(33)49-39-24-11-8-21-34(39)36-26-27-37-35-22-9-12-25-40(35)50-42(37)41(36)49;1-3-13-29(14-4-1)43-46-44(30-15-5-2-6-16-30)48-45(47-43)33-19-11-17-31(27-33)32-18-12-20-34(28-32)49-39-23-9-7-21-35(39)37-25-26-38-36-22-8-10-24-40(36)50-42(38)41(37)49;1-3-12-30(13-4-1)43-46-44(31-14-5-2-6-15-31)48-45(47-43)33-17-11-16-32(28-33)29-22-24-34(25-23-29)49-39-20-9-7-18-35(39)37-26-27-38-36-19-8-10-21-40(36)50-42(38)41(37)49/h3*1-28H. The van der Waals surface area contributed by atoms with Gasteiger partial charge in [-0.25, -0.2) is 44.9 Å². The van der Waals surface area contributed by atoms with Crippen molar-refractivity contribution in [3.63, 3.8) is 0 Å². The molecule has 0 N–H and O–H groups in total. The second-order valence-corrected chi connectivity index (χ2v) is 37.3. The molecule has 0 atom stereocenters. The van der Waals surface area contributed by atoms with Crippen LogP contribution in [0.1, 0.15) is 0 Å². The lowest BCUT2D eigenvalue weighted by molar-refractivity contribution is 0.670. The summed E-state index contributed by atoms with van der Waals surface area (Å²) in [5.74, 6) is 5.75. The van der Waals surface area contributed by atoms with Gasteiger partial charge in [0.05, 0.1) is 38.8 Å². The molecule has 9 heterocycles. The summed E-state index contributed by atoms with van der Waals surface area (Å²) in [5.41, 5.74) is 30.1. The van der Waals surface area contributed by atoms with Crippen LogP contribution >= 0.6 is 0 Å². The molecule has 21 aromatic carbocycles. The lowest BCUT2D eigenvalue weighted by Gasteiger charge is -2.15. The predicted octanol–water partition coefficient (Wildman–Crippen LogP) is 34.6. The van der Waals surface area contributed by atoms with E-state index in [4.69, 9.17) is 58.1 Å². The van der Waals surface area contributed by atoms with Crippen LogP contribution in [0.5, 0.6) is 0 Å². The van der Waals surface area contributed by atoms with E-state index in [1.54, 1.807) is 0 Å². The molecular weight excluding hydrogens is 1840 g/mol.